The Morgan fingerprint density at radius 1 is 1.15 bits per heavy atom. The van der Waals surface area contributed by atoms with Gasteiger partial charge in [-0.25, -0.2) is 14.2 Å². The maximum Gasteiger partial charge on any atom is 0.490 e. The summed E-state index contributed by atoms with van der Waals surface area (Å²) in [6.45, 7) is 3.63. The summed E-state index contributed by atoms with van der Waals surface area (Å²) in [5.41, 5.74) is 2.46. The van der Waals surface area contributed by atoms with E-state index in [1.54, 1.807) is 24.1 Å². The van der Waals surface area contributed by atoms with Gasteiger partial charge >= 0.3 is 12.1 Å². The minimum absolute atomic E-state index is 0.160. The van der Waals surface area contributed by atoms with Crippen molar-refractivity contribution in [2.45, 2.75) is 32.4 Å². The van der Waals surface area contributed by atoms with Crippen LogP contribution in [0.15, 0.2) is 42.9 Å². The third-order valence-electron chi connectivity index (χ3n) is 4.89. The monoisotopic (exact) mass is 482 g/mol. The average molecular weight is 482 g/mol. The highest BCUT2D eigenvalue weighted by atomic mass is 19.4. The first-order valence-corrected chi connectivity index (χ1v) is 10.1. The van der Waals surface area contributed by atoms with Crippen molar-refractivity contribution in [3.63, 3.8) is 0 Å². The Labute approximate surface area is 191 Å². The van der Waals surface area contributed by atoms with Gasteiger partial charge in [-0.05, 0) is 17.7 Å². The van der Waals surface area contributed by atoms with E-state index in [-0.39, 0.29) is 11.7 Å². The summed E-state index contributed by atoms with van der Waals surface area (Å²) in [5, 5.41) is 14.0. The number of hydrogen-bond donors (Lipinski definition) is 2. The smallest absolute Gasteiger partial charge is 0.475 e. The lowest BCUT2D eigenvalue weighted by Gasteiger charge is -2.27. The quantitative estimate of drug-likeness (QED) is 0.541. The maximum absolute atomic E-state index is 13.0. The summed E-state index contributed by atoms with van der Waals surface area (Å²) in [4.78, 5) is 28.0. The van der Waals surface area contributed by atoms with Crippen LogP contribution in [-0.4, -0.2) is 53.9 Å². The van der Waals surface area contributed by atoms with Gasteiger partial charge < -0.3 is 15.0 Å². The fourth-order valence-corrected chi connectivity index (χ4v) is 3.24. The Kier molecular flexibility index (Phi) is 7.66. The van der Waals surface area contributed by atoms with Gasteiger partial charge in [-0.2, -0.15) is 18.3 Å². The number of carbonyl (C=O) groups is 2. The van der Waals surface area contributed by atoms with Crippen molar-refractivity contribution in [2.24, 2.45) is 7.05 Å². The van der Waals surface area contributed by atoms with Crippen molar-refractivity contribution >= 4 is 11.9 Å². The van der Waals surface area contributed by atoms with Crippen LogP contribution >= 0.6 is 0 Å². The van der Waals surface area contributed by atoms with Crippen molar-refractivity contribution in [3.05, 3.63) is 71.3 Å². The number of halogens is 4. The molecule has 1 aliphatic rings. The minimum Gasteiger partial charge on any atom is -0.475 e. The molecule has 0 saturated carbocycles. The van der Waals surface area contributed by atoms with Gasteiger partial charge in [0.2, 0.25) is 0 Å². The minimum atomic E-state index is -5.08. The molecule has 0 aliphatic carbocycles. The third-order valence-corrected chi connectivity index (χ3v) is 4.89. The zero-order chi connectivity index (χ0) is 24.9. The van der Waals surface area contributed by atoms with Crippen LogP contribution in [-0.2, 0) is 38.0 Å². The Hall–Kier alpha value is -3.74. The number of nitrogens with one attached hydrogen (secondary N) is 1. The third kappa shape index (κ3) is 6.88. The fourth-order valence-electron chi connectivity index (χ4n) is 3.24. The number of carboxylic acid groups (broad SMARTS) is 1. The van der Waals surface area contributed by atoms with Gasteiger partial charge in [0.25, 0.3) is 5.91 Å². The number of aliphatic carboxylic acids is 1. The summed E-state index contributed by atoms with van der Waals surface area (Å²) in [7, 11) is 1.78. The van der Waals surface area contributed by atoms with Gasteiger partial charge in [0.05, 0.1) is 30.5 Å². The van der Waals surface area contributed by atoms with Crippen molar-refractivity contribution in [3.8, 4) is 0 Å². The van der Waals surface area contributed by atoms with Crippen LogP contribution in [0.5, 0.6) is 0 Å². The maximum atomic E-state index is 13.0. The number of aromatic nitrogens is 4. The second-order valence-corrected chi connectivity index (χ2v) is 7.57. The largest absolute Gasteiger partial charge is 0.490 e. The molecule has 0 spiro atoms. The molecule has 3 aromatic rings. The predicted octanol–water partition coefficient (Wildman–Crippen LogP) is 2.33. The molecule has 13 heteroatoms. The lowest BCUT2D eigenvalue weighted by molar-refractivity contribution is -0.192. The Morgan fingerprint density at radius 2 is 1.82 bits per heavy atom. The van der Waals surface area contributed by atoms with Crippen molar-refractivity contribution in [1.82, 2.24) is 29.5 Å². The van der Waals surface area contributed by atoms with Gasteiger partial charge in [0.15, 0.2) is 0 Å². The molecule has 1 amide bonds. The molecule has 0 unspecified atom stereocenters. The summed E-state index contributed by atoms with van der Waals surface area (Å²) in [6, 6.07) is 6.61. The van der Waals surface area contributed by atoms with Crippen LogP contribution in [0.1, 0.15) is 27.4 Å². The highest BCUT2D eigenvalue weighted by Gasteiger charge is 2.38. The fraction of sp³-hybridized carbons (Fsp3) is 0.333. The number of fused-ring (bicyclic) bond motifs is 1. The molecule has 2 aromatic heterocycles. The highest BCUT2D eigenvalue weighted by molar-refractivity contribution is 5.93. The van der Waals surface area contributed by atoms with Gasteiger partial charge in [-0.3, -0.25) is 14.4 Å². The number of nitrogens with zero attached hydrogens (tertiary/aromatic N) is 5. The predicted molar refractivity (Wildman–Crippen MR) is 111 cm³/mol. The number of aryl methyl sites for hydroxylation is 1. The molecule has 0 atom stereocenters. The molecule has 0 radical (unpaired) electrons. The van der Waals surface area contributed by atoms with Crippen LogP contribution in [0.25, 0.3) is 0 Å². The van der Waals surface area contributed by atoms with Crippen molar-refractivity contribution < 1.29 is 32.3 Å². The molecule has 4 rings (SSSR count). The molecule has 1 aromatic carbocycles. The van der Waals surface area contributed by atoms with Crippen LogP contribution in [0.3, 0.4) is 0 Å². The van der Waals surface area contributed by atoms with Gasteiger partial charge in [-0.1, -0.05) is 12.1 Å². The molecule has 0 bridgehead atoms. The van der Waals surface area contributed by atoms with Gasteiger partial charge in [0, 0.05) is 39.1 Å². The number of benzene rings is 1. The van der Waals surface area contributed by atoms with E-state index >= 15 is 0 Å². The second-order valence-electron chi connectivity index (χ2n) is 7.57. The standard InChI is InChI=1S/C19H21FN6O.C2HF3O2/c1-24-11-15(8-22-24)19(27)21-9-17-12-26-7-6-25(13-18(26)23-17)10-14-2-4-16(20)5-3-14;3-2(4,5)1(6)7/h2-5,8,11-12H,6-7,9-10,13H2,1H3,(H,21,27);(H,6,7). The van der Waals surface area contributed by atoms with E-state index in [1.807, 2.05) is 18.3 Å². The summed E-state index contributed by atoms with van der Waals surface area (Å²) in [6.07, 6.45) is 0.135. The number of rotatable bonds is 5. The zero-order valence-electron chi connectivity index (χ0n) is 18.1. The van der Waals surface area contributed by atoms with E-state index in [4.69, 9.17) is 9.90 Å². The molecule has 1 aliphatic heterocycles. The average Bonchev–Trinajstić information content (AvgIpc) is 3.39. The number of imidazole rings is 1. The molecule has 0 fully saturated rings. The number of carboxylic acids is 1. The van der Waals surface area contributed by atoms with Gasteiger partial charge in [-0.15, -0.1) is 0 Å². The van der Waals surface area contributed by atoms with Crippen LogP contribution in [0, 0.1) is 5.82 Å². The van der Waals surface area contributed by atoms with Crippen LogP contribution in [0.4, 0.5) is 17.6 Å². The van der Waals surface area contributed by atoms with E-state index in [1.165, 1.54) is 12.1 Å². The normalized spacial score (nSPS) is 13.6. The Balaban J connectivity index is 0.000000406. The number of amides is 1. The highest BCUT2D eigenvalue weighted by Crippen LogP contribution is 2.16. The lowest BCUT2D eigenvalue weighted by atomic mass is 10.2. The summed E-state index contributed by atoms with van der Waals surface area (Å²) >= 11 is 0. The van der Waals surface area contributed by atoms with E-state index in [9.17, 15) is 22.4 Å². The zero-order valence-corrected chi connectivity index (χ0v) is 18.1. The van der Waals surface area contributed by atoms with E-state index in [2.05, 4.69) is 24.9 Å². The Morgan fingerprint density at radius 3 is 2.41 bits per heavy atom. The SMILES string of the molecule is Cn1cc(C(=O)NCc2cn3c(n2)CN(Cc2ccc(F)cc2)CC3)cn1.O=C(O)C(F)(F)F. The second kappa shape index (κ2) is 10.5. The Bertz CT molecular complexity index is 1140. The summed E-state index contributed by atoms with van der Waals surface area (Å²) in [5.74, 6) is -2.15. The van der Waals surface area contributed by atoms with Crippen LogP contribution < -0.4 is 5.32 Å². The molecule has 9 nitrogen and oxygen atoms in total. The molecule has 182 valence electrons. The van der Waals surface area contributed by atoms with E-state index in [0.717, 1.165) is 43.3 Å². The topological polar surface area (TPSA) is 105 Å². The van der Waals surface area contributed by atoms with Crippen molar-refractivity contribution in [2.75, 3.05) is 6.54 Å². The first kappa shape index (κ1) is 24.9. The lowest BCUT2D eigenvalue weighted by Crippen LogP contribution is -2.33. The van der Waals surface area contributed by atoms with Crippen molar-refractivity contribution in [1.29, 1.82) is 0 Å². The molecular weight excluding hydrogens is 460 g/mol. The number of carbonyl (C=O) groups excluding carboxylic acids is 1. The number of alkyl halides is 3. The molecule has 0 saturated heterocycles. The van der Waals surface area contributed by atoms with E-state index in [0.29, 0.717) is 12.1 Å². The molecular formula is C21H22F4N6O3. The molecule has 2 N–H and O–H groups in total. The molecule has 34 heavy (non-hydrogen) atoms. The number of hydrogen-bond acceptors (Lipinski definition) is 5. The first-order valence-electron chi connectivity index (χ1n) is 10.1. The first-order chi connectivity index (χ1) is 16.0. The summed E-state index contributed by atoms with van der Waals surface area (Å²) < 4.78 is 48.5. The van der Waals surface area contributed by atoms with Gasteiger partial charge in [0.1, 0.15) is 11.6 Å². The van der Waals surface area contributed by atoms with E-state index < -0.39 is 12.1 Å². The molecule has 3 heterocycles. The van der Waals surface area contributed by atoms with Crippen LogP contribution in [0.2, 0.25) is 0 Å².